The largest absolute Gasteiger partial charge is 0.453 e. The van der Waals surface area contributed by atoms with E-state index in [1.807, 2.05) is 12.4 Å². The Kier molecular flexibility index (Phi) is 4.18. The fourth-order valence-electron chi connectivity index (χ4n) is 4.24. The summed E-state index contributed by atoms with van der Waals surface area (Å²) in [6.45, 7) is 11.0. The fourth-order valence-corrected chi connectivity index (χ4v) is 4.24. The summed E-state index contributed by atoms with van der Waals surface area (Å²) in [6, 6.07) is 15.0. The molecule has 3 heteroatoms. The van der Waals surface area contributed by atoms with E-state index in [9.17, 15) is 0 Å². The minimum atomic E-state index is 0.220. The summed E-state index contributed by atoms with van der Waals surface area (Å²) in [4.78, 5) is 9.42. The zero-order chi connectivity index (χ0) is 21.0. The van der Waals surface area contributed by atoms with Crippen LogP contribution in [0.4, 0.5) is 0 Å². The summed E-state index contributed by atoms with van der Waals surface area (Å²) in [5.74, 6) is 0. The van der Waals surface area contributed by atoms with E-state index in [0.717, 1.165) is 56.1 Å². The van der Waals surface area contributed by atoms with Crippen LogP contribution in [-0.4, -0.2) is 9.97 Å². The van der Waals surface area contributed by atoms with Crippen LogP contribution >= 0.6 is 0 Å². The van der Waals surface area contributed by atoms with Crippen LogP contribution in [0.5, 0.6) is 0 Å². The van der Waals surface area contributed by atoms with Crippen LogP contribution in [0.2, 0.25) is 0 Å². The third kappa shape index (κ3) is 3.15. The van der Waals surface area contributed by atoms with E-state index in [0.29, 0.717) is 0 Å². The van der Waals surface area contributed by atoms with Crippen molar-refractivity contribution in [1.29, 1.82) is 0 Å². The molecule has 0 fully saturated rings. The lowest BCUT2D eigenvalue weighted by Gasteiger charge is -2.20. The number of fused-ring (bicyclic) bond motifs is 5. The van der Waals surface area contributed by atoms with Gasteiger partial charge in [0.15, 0.2) is 5.58 Å². The summed E-state index contributed by atoms with van der Waals surface area (Å²) in [5.41, 5.74) is 8.55. The summed E-state index contributed by atoms with van der Waals surface area (Å²) in [6.07, 6.45) is 4.90. The standard InChI is InChI=1S/C27H26N2O/c1-16-11-18-9-10-21-20-7-6-8-22(25(20)30-26(21)24(18)29-14-16)23-12-19(13-27(3,4)5)17(2)15-28-23/h6-12,14-15H,13H2,1-5H3. The Morgan fingerprint density at radius 3 is 2.47 bits per heavy atom. The van der Waals surface area contributed by atoms with Crippen molar-refractivity contribution in [3.8, 4) is 11.3 Å². The highest BCUT2D eigenvalue weighted by Gasteiger charge is 2.18. The van der Waals surface area contributed by atoms with Gasteiger partial charge in [0.05, 0.1) is 5.69 Å². The Morgan fingerprint density at radius 1 is 0.867 bits per heavy atom. The second kappa shape index (κ2) is 6.66. The maximum absolute atomic E-state index is 6.46. The van der Waals surface area contributed by atoms with Gasteiger partial charge >= 0.3 is 0 Å². The molecule has 0 saturated heterocycles. The van der Waals surface area contributed by atoms with Gasteiger partial charge in [-0.3, -0.25) is 9.97 Å². The molecule has 3 nitrogen and oxygen atoms in total. The van der Waals surface area contributed by atoms with Crippen LogP contribution in [0.1, 0.15) is 37.5 Å². The summed E-state index contributed by atoms with van der Waals surface area (Å²) >= 11 is 0. The summed E-state index contributed by atoms with van der Waals surface area (Å²) in [7, 11) is 0. The van der Waals surface area contributed by atoms with Gasteiger partial charge in [-0.05, 0) is 66.6 Å². The molecule has 5 rings (SSSR count). The average molecular weight is 395 g/mol. The molecular formula is C27H26N2O. The Hall–Kier alpha value is -3.20. The summed E-state index contributed by atoms with van der Waals surface area (Å²) < 4.78 is 6.46. The van der Waals surface area contributed by atoms with E-state index in [4.69, 9.17) is 9.40 Å². The highest BCUT2D eigenvalue weighted by Crippen LogP contribution is 2.38. The number of para-hydroxylation sites is 1. The highest BCUT2D eigenvalue weighted by atomic mass is 16.3. The quantitative estimate of drug-likeness (QED) is 0.313. The maximum Gasteiger partial charge on any atom is 0.161 e. The minimum Gasteiger partial charge on any atom is -0.453 e. The molecule has 3 heterocycles. The molecule has 0 bridgehead atoms. The first-order valence-corrected chi connectivity index (χ1v) is 10.5. The average Bonchev–Trinajstić information content (AvgIpc) is 3.07. The van der Waals surface area contributed by atoms with Crippen LogP contribution in [-0.2, 0) is 6.42 Å². The Balaban J connectivity index is 1.75. The van der Waals surface area contributed by atoms with Gasteiger partial charge in [0.2, 0.25) is 0 Å². The molecule has 0 spiro atoms. The number of furan rings is 1. The zero-order valence-corrected chi connectivity index (χ0v) is 18.2. The normalized spacial score (nSPS) is 12.3. The smallest absolute Gasteiger partial charge is 0.161 e. The molecule has 0 N–H and O–H groups in total. The minimum absolute atomic E-state index is 0.220. The van der Waals surface area contributed by atoms with E-state index in [2.05, 4.69) is 82.1 Å². The molecule has 0 aliphatic carbocycles. The predicted octanol–water partition coefficient (Wildman–Crippen LogP) is 7.40. The second-order valence-electron chi connectivity index (χ2n) is 9.54. The SMILES string of the molecule is Cc1cnc2c(ccc3c4cccc(-c5cc(CC(C)(C)C)c(C)cn5)c4oc32)c1. The van der Waals surface area contributed by atoms with Crippen LogP contribution < -0.4 is 0 Å². The van der Waals surface area contributed by atoms with Crippen LogP contribution in [0.15, 0.2) is 59.3 Å². The van der Waals surface area contributed by atoms with Gasteiger partial charge in [-0.2, -0.15) is 0 Å². The molecule has 30 heavy (non-hydrogen) atoms. The first kappa shape index (κ1) is 18.8. The summed E-state index contributed by atoms with van der Waals surface area (Å²) in [5, 5.41) is 3.30. The number of hydrogen-bond donors (Lipinski definition) is 0. The Labute approximate surface area is 176 Å². The van der Waals surface area contributed by atoms with Crippen molar-refractivity contribution in [2.45, 2.75) is 41.0 Å². The first-order valence-electron chi connectivity index (χ1n) is 10.5. The van der Waals surface area contributed by atoms with E-state index in [1.54, 1.807) is 0 Å². The van der Waals surface area contributed by atoms with Crippen molar-refractivity contribution in [1.82, 2.24) is 9.97 Å². The molecule has 0 saturated carbocycles. The lowest BCUT2D eigenvalue weighted by atomic mass is 9.86. The monoisotopic (exact) mass is 394 g/mol. The molecule has 2 aromatic carbocycles. The molecule has 0 atom stereocenters. The topological polar surface area (TPSA) is 38.9 Å². The molecule has 150 valence electrons. The van der Waals surface area contributed by atoms with Crippen molar-refractivity contribution < 1.29 is 4.42 Å². The number of rotatable bonds is 2. The lowest BCUT2D eigenvalue weighted by molar-refractivity contribution is 0.410. The maximum atomic E-state index is 6.46. The third-order valence-corrected chi connectivity index (χ3v) is 5.66. The first-order chi connectivity index (χ1) is 14.3. The van der Waals surface area contributed by atoms with Gasteiger partial charge in [0, 0.05) is 34.1 Å². The number of hydrogen-bond acceptors (Lipinski definition) is 3. The van der Waals surface area contributed by atoms with E-state index in [1.165, 1.54) is 11.1 Å². The zero-order valence-electron chi connectivity index (χ0n) is 18.2. The van der Waals surface area contributed by atoms with Crippen LogP contribution in [0.25, 0.3) is 44.1 Å². The van der Waals surface area contributed by atoms with Crippen LogP contribution in [0.3, 0.4) is 0 Å². The van der Waals surface area contributed by atoms with E-state index >= 15 is 0 Å². The van der Waals surface area contributed by atoms with Crippen molar-refractivity contribution in [3.63, 3.8) is 0 Å². The molecule has 0 radical (unpaired) electrons. The van der Waals surface area contributed by atoms with E-state index in [-0.39, 0.29) is 5.41 Å². The van der Waals surface area contributed by atoms with Gasteiger partial charge in [0.25, 0.3) is 0 Å². The Bertz CT molecular complexity index is 1420. The number of pyridine rings is 2. The van der Waals surface area contributed by atoms with Gasteiger partial charge < -0.3 is 4.42 Å². The van der Waals surface area contributed by atoms with Crippen molar-refractivity contribution in [2.75, 3.05) is 0 Å². The van der Waals surface area contributed by atoms with Crippen molar-refractivity contribution in [3.05, 3.63) is 71.5 Å². The van der Waals surface area contributed by atoms with Crippen molar-refractivity contribution >= 4 is 32.8 Å². The lowest BCUT2D eigenvalue weighted by Crippen LogP contribution is -2.10. The second-order valence-corrected chi connectivity index (χ2v) is 9.54. The number of benzene rings is 2. The number of nitrogens with zero attached hydrogens (tertiary/aromatic N) is 2. The third-order valence-electron chi connectivity index (χ3n) is 5.66. The highest BCUT2D eigenvalue weighted by molar-refractivity contribution is 6.16. The van der Waals surface area contributed by atoms with E-state index < -0.39 is 0 Å². The molecular weight excluding hydrogens is 368 g/mol. The van der Waals surface area contributed by atoms with Gasteiger partial charge in [-0.25, -0.2) is 0 Å². The van der Waals surface area contributed by atoms with Gasteiger partial charge in [0.1, 0.15) is 11.1 Å². The van der Waals surface area contributed by atoms with Crippen LogP contribution in [0, 0.1) is 19.3 Å². The fraction of sp³-hybridized carbons (Fsp3) is 0.259. The molecule has 0 unspecified atom stereocenters. The molecule has 0 amide bonds. The molecule has 5 aromatic rings. The molecule has 0 aliphatic heterocycles. The molecule has 3 aromatic heterocycles. The number of aromatic nitrogens is 2. The van der Waals surface area contributed by atoms with Crippen molar-refractivity contribution in [2.24, 2.45) is 5.41 Å². The predicted molar refractivity (Wildman–Crippen MR) is 125 cm³/mol. The number of aryl methyl sites for hydroxylation is 2. The Morgan fingerprint density at radius 2 is 1.67 bits per heavy atom. The molecule has 0 aliphatic rings. The van der Waals surface area contributed by atoms with Gasteiger partial charge in [-0.15, -0.1) is 0 Å². The van der Waals surface area contributed by atoms with Gasteiger partial charge in [-0.1, -0.05) is 39.0 Å².